The second kappa shape index (κ2) is 7.31. The summed E-state index contributed by atoms with van der Waals surface area (Å²) in [5.74, 6) is -1.13. The lowest BCUT2D eigenvalue weighted by Gasteiger charge is -2.26. The smallest absolute Gasteiger partial charge is 0.336 e. The van der Waals surface area contributed by atoms with E-state index in [0.29, 0.717) is 29.8 Å². The summed E-state index contributed by atoms with van der Waals surface area (Å²) in [6.07, 6.45) is 0. The molecule has 1 aliphatic rings. The third-order valence-corrected chi connectivity index (χ3v) is 6.58. The zero-order chi connectivity index (χ0) is 19.7. The molecule has 1 N–H and O–H groups in total. The number of morpholine rings is 1. The van der Waals surface area contributed by atoms with Crippen LogP contribution >= 0.6 is 0 Å². The molecule has 1 fully saturated rings. The summed E-state index contributed by atoms with van der Waals surface area (Å²) < 4.78 is 32.4. The van der Waals surface area contributed by atoms with Crippen LogP contribution in [0.4, 0.5) is 0 Å². The summed E-state index contributed by atoms with van der Waals surface area (Å²) in [5.41, 5.74) is 1.76. The number of carbonyl (C=O) groups is 1. The lowest BCUT2D eigenvalue weighted by atomic mass is 10.0. The Balaban J connectivity index is 1.85. The Morgan fingerprint density at radius 1 is 1.04 bits per heavy atom. The third-order valence-electron chi connectivity index (χ3n) is 4.69. The van der Waals surface area contributed by atoms with Crippen molar-refractivity contribution in [2.75, 3.05) is 26.3 Å². The van der Waals surface area contributed by atoms with Gasteiger partial charge in [-0.1, -0.05) is 30.3 Å². The highest BCUT2D eigenvalue weighted by atomic mass is 32.2. The van der Waals surface area contributed by atoms with E-state index >= 15 is 0 Å². The van der Waals surface area contributed by atoms with E-state index in [4.69, 9.17) is 4.74 Å². The van der Waals surface area contributed by atoms with E-state index in [0.717, 1.165) is 5.56 Å². The van der Waals surface area contributed by atoms with Gasteiger partial charge in [0.15, 0.2) is 0 Å². The summed E-state index contributed by atoms with van der Waals surface area (Å²) in [7, 11) is -3.73. The van der Waals surface area contributed by atoms with E-state index in [1.165, 1.54) is 22.5 Å². The van der Waals surface area contributed by atoms with Gasteiger partial charge >= 0.3 is 5.97 Å². The predicted octanol–water partition coefficient (Wildman–Crippen LogP) is 2.62. The van der Waals surface area contributed by atoms with Gasteiger partial charge in [0, 0.05) is 24.0 Å². The standard InChI is InChI=1S/C20H18N2O5S/c23-20(24)17-13-19(14-4-2-1-3-5-14)21-18-7-6-15(12-16(17)18)28(25,26)22-8-10-27-11-9-22/h1-7,12-13H,8-11H2,(H,23,24). The molecule has 1 saturated heterocycles. The molecular formula is C20H18N2O5S. The van der Waals surface area contributed by atoms with Crippen molar-refractivity contribution in [1.82, 2.24) is 9.29 Å². The lowest BCUT2D eigenvalue weighted by molar-refractivity contribution is 0.0699. The van der Waals surface area contributed by atoms with Gasteiger partial charge in [0.2, 0.25) is 10.0 Å². The number of pyridine rings is 1. The van der Waals surface area contributed by atoms with Gasteiger partial charge in [0.1, 0.15) is 0 Å². The highest BCUT2D eigenvalue weighted by molar-refractivity contribution is 7.89. The molecule has 0 radical (unpaired) electrons. The molecule has 2 aromatic carbocycles. The van der Waals surface area contributed by atoms with E-state index in [1.54, 1.807) is 6.07 Å². The van der Waals surface area contributed by atoms with Crippen molar-refractivity contribution >= 4 is 26.9 Å². The maximum Gasteiger partial charge on any atom is 0.336 e. The van der Waals surface area contributed by atoms with Crippen LogP contribution in [0.3, 0.4) is 0 Å². The molecule has 0 aliphatic carbocycles. The van der Waals surface area contributed by atoms with E-state index in [9.17, 15) is 18.3 Å². The van der Waals surface area contributed by atoms with Crippen molar-refractivity contribution in [3.8, 4) is 11.3 Å². The van der Waals surface area contributed by atoms with Crippen molar-refractivity contribution in [3.05, 3.63) is 60.2 Å². The van der Waals surface area contributed by atoms with Crippen LogP contribution in [0.25, 0.3) is 22.2 Å². The molecule has 7 nitrogen and oxygen atoms in total. The van der Waals surface area contributed by atoms with Crippen LogP contribution in [0, 0.1) is 0 Å². The minimum atomic E-state index is -3.73. The Labute approximate surface area is 162 Å². The second-order valence-corrected chi connectivity index (χ2v) is 8.36. The fraction of sp³-hybridized carbons (Fsp3) is 0.200. The number of nitrogens with zero attached hydrogens (tertiary/aromatic N) is 2. The van der Waals surface area contributed by atoms with Crippen LogP contribution < -0.4 is 0 Å². The quantitative estimate of drug-likeness (QED) is 0.726. The largest absolute Gasteiger partial charge is 0.478 e. The molecule has 0 spiro atoms. The second-order valence-electron chi connectivity index (χ2n) is 6.42. The Kier molecular flexibility index (Phi) is 4.84. The fourth-order valence-electron chi connectivity index (χ4n) is 3.24. The number of hydrogen-bond acceptors (Lipinski definition) is 5. The van der Waals surface area contributed by atoms with E-state index < -0.39 is 16.0 Å². The van der Waals surface area contributed by atoms with Crippen molar-refractivity contribution in [2.24, 2.45) is 0 Å². The number of fused-ring (bicyclic) bond motifs is 1. The average molecular weight is 398 g/mol. The van der Waals surface area contributed by atoms with Gasteiger partial charge in [0.05, 0.1) is 34.9 Å². The molecule has 0 atom stereocenters. The first-order valence-corrected chi connectivity index (χ1v) is 10.2. The van der Waals surface area contributed by atoms with Crippen LogP contribution in [0.5, 0.6) is 0 Å². The van der Waals surface area contributed by atoms with Gasteiger partial charge in [-0.2, -0.15) is 4.31 Å². The van der Waals surface area contributed by atoms with E-state index in [2.05, 4.69) is 4.98 Å². The molecule has 2 heterocycles. The first kappa shape index (κ1) is 18.5. The fourth-order valence-corrected chi connectivity index (χ4v) is 4.67. The first-order valence-electron chi connectivity index (χ1n) is 8.78. The number of sulfonamides is 1. The zero-order valence-corrected chi connectivity index (χ0v) is 15.7. The van der Waals surface area contributed by atoms with E-state index in [-0.39, 0.29) is 23.5 Å². The number of rotatable bonds is 4. The van der Waals surface area contributed by atoms with Crippen molar-refractivity contribution < 1.29 is 23.1 Å². The molecular weight excluding hydrogens is 380 g/mol. The molecule has 3 aromatic rings. The molecule has 0 unspecified atom stereocenters. The predicted molar refractivity (Wildman–Crippen MR) is 104 cm³/mol. The Morgan fingerprint density at radius 3 is 2.43 bits per heavy atom. The molecule has 0 bridgehead atoms. The maximum atomic E-state index is 12.9. The summed E-state index contributed by atoms with van der Waals surface area (Å²) in [5, 5.41) is 9.99. The Bertz CT molecular complexity index is 1140. The monoisotopic (exact) mass is 398 g/mol. The number of hydrogen-bond donors (Lipinski definition) is 1. The van der Waals surface area contributed by atoms with Gasteiger partial charge in [-0.25, -0.2) is 18.2 Å². The number of aromatic nitrogens is 1. The Morgan fingerprint density at radius 2 is 1.75 bits per heavy atom. The van der Waals surface area contributed by atoms with Gasteiger partial charge < -0.3 is 9.84 Å². The van der Waals surface area contributed by atoms with Crippen LogP contribution in [-0.2, 0) is 14.8 Å². The third kappa shape index (κ3) is 3.37. The van der Waals surface area contributed by atoms with Crippen LogP contribution in [0.2, 0.25) is 0 Å². The highest BCUT2D eigenvalue weighted by Crippen LogP contribution is 2.28. The summed E-state index contributed by atoms with van der Waals surface area (Å²) >= 11 is 0. The molecule has 28 heavy (non-hydrogen) atoms. The summed E-state index contributed by atoms with van der Waals surface area (Å²) in [4.78, 5) is 16.4. The van der Waals surface area contributed by atoms with Crippen molar-refractivity contribution in [2.45, 2.75) is 4.90 Å². The van der Waals surface area contributed by atoms with Crippen LogP contribution in [0.15, 0.2) is 59.5 Å². The molecule has 4 rings (SSSR count). The van der Waals surface area contributed by atoms with Crippen molar-refractivity contribution in [3.63, 3.8) is 0 Å². The van der Waals surface area contributed by atoms with Crippen molar-refractivity contribution in [1.29, 1.82) is 0 Å². The number of carboxylic acids is 1. The topological polar surface area (TPSA) is 96.8 Å². The molecule has 144 valence electrons. The maximum absolute atomic E-state index is 12.9. The Hall–Kier alpha value is -2.81. The van der Waals surface area contributed by atoms with E-state index in [1.807, 2.05) is 30.3 Å². The zero-order valence-electron chi connectivity index (χ0n) is 14.9. The van der Waals surface area contributed by atoms with Gasteiger partial charge in [-0.3, -0.25) is 0 Å². The minimum Gasteiger partial charge on any atom is -0.478 e. The summed E-state index contributed by atoms with van der Waals surface area (Å²) in [6.45, 7) is 1.24. The number of ether oxygens (including phenoxy) is 1. The first-order chi connectivity index (χ1) is 13.5. The van der Waals surface area contributed by atoms with Gasteiger partial charge in [-0.15, -0.1) is 0 Å². The van der Waals surface area contributed by atoms with Crippen LogP contribution in [-0.4, -0.2) is 55.1 Å². The average Bonchev–Trinajstić information content (AvgIpc) is 2.73. The number of carboxylic acid groups (broad SMARTS) is 1. The lowest BCUT2D eigenvalue weighted by Crippen LogP contribution is -2.40. The number of benzene rings is 2. The summed E-state index contributed by atoms with van der Waals surface area (Å²) in [6, 6.07) is 15.2. The van der Waals surface area contributed by atoms with Gasteiger partial charge in [0.25, 0.3) is 0 Å². The molecule has 8 heteroatoms. The normalized spacial score (nSPS) is 15.6. The van der Waals surface area contributed by atoms with Gasteiger partial charge in [-0.05, 0) is 24.3 Å². The molecule has 1 aromatic heterocycles. The highest BCUT2D eigenvalue weighted by Gasteiger charge is 2.27. The molecule has 1 aliphatic heterocycles. The molecule has 0 amide bonds. The molecule has 0 saturated carbocycles. The number of aromatic carboxylic acids is 1. The van der Waals surface area contributed by atoms with Crippen LogP contribution in [0.1, 0.15) is 10.4 Å². The SMILES string of the molecule is O=C(O)c1cc(-c2ccccc2)nc2ccc(S(=O)(=O)N3CCOCC3)cc12. The minimum absolute atomic E-state index is 0.0166.